The third-order valence-electron chi connectivity index (χ3n) is 2.67. The first-order chi connectivity index (χ1) is 7.79. The van der Waals surface area contributed by atoms with Crippen LogP contribution in [0, 0.1) is 0 Å². The van der Waals surface area contributed by atoms with E-state index in [0.29, 0.717) is 6.54 Å². The molecule has 0 atom stereocenters. The van der Waals surface area contributed by atoms with Gasteiger partial charge in [-0.2, -0.15) is 0 Å². The molecule has 0 aliphatic heterocycles. The maximum absolute atomic E-state index is 8.69. The quantitative estimate of drug-likeness (QED) is 0.680. The Hall–Kier alpha value is -1.13. The third-order valence-corrected chi connectivity index (χ3v) is 2.67. The molecule has 1 aromatic heterocycles. The van der Waals surface area contributed by atoms with E-state index in [0.717, 1.165) is 37.1 Å². The highest BCUT2D eigenvalue weighted by molar-refractivity contribution is 5.50. The second kappa shape index (κ2) is 7.19. The summed E-state index contributed by atoms with van der Waals surface area (Å²) >= 11 is 0. The van der Waals surface area contributed by atoms with Crippen molar-refractivity contribution in [3.63, 3.8) is 0 Å². The molecular formula is C12H21N3O. The van der Waals surface area contributed by atoms with Crippen LogP contribution in [0.15, 0.2) is 18.5 Å². The van der Waals surface area contributed by atoms with Crippen LogP contribution in [0.25, 0.3) is 0 Å². The van der Waals surface area contributed by atoms with Gasteiger partial charge in [0.15, 0.2) is 0 Å². The topological polar surface area (TPSA) is 62.4 Å². The molecule has 0 unspecified atom stereocenters. The number of unbranched alkanes of at least 4 members (excludes halogenated alkanes) is 2. The largest absolute Gasteiger partial charge is 0.396 e. The number of nitrogens with zero attached hydrogens (tertiary/aromatic N) is 2. The Morgan fingerprint density at radius 2 is 2.19 bits per heavy atom. The van der Waals surface area contributed by atoms with Crippen LogP contribution in [0.3, 0.4) is 0 Å². The summed E-state index contributed by atoms with van der Waals surface area (Å²) in [5.74, 6) is 0. The van der Waals surface area contributed by atoms with E-state index in [2.05, 4.69) is 16.9 Å². The van der Waals surface area contributed by atoms with Gasteiger partial charge in [0.05, 0.1) is 11.9 Å². The molecule has 3 N–H and O–H groups in total. The van der Waals surface area contributed by atoms with Gasteiger partial charge in [0.1, 0.15) is 0 Å². The molecule has 0 amide bonds. The van der Waals surface area contributed by atoms with E-state index < -0.39 is 0 Å². The second-order valence-electron chi connectivity index (χ2n) is 3.91. The summed E-state index contributed by atoms with van der Waals surface area (Å²) in [5.41, 5.74) is 7.91. The summed E-state index contributed by atoms with van der Waals surface area (Å²) in [5, 5.41) is 8.69. The highest BCUT2D eigenvalue weighted by atomic mass is 16.2. The Morgan fingerprint density at radius 3 is 2.88 bits per heavy atom. The maximum atomic E-state index is 8.69. The predicted octanol–water partition coefficient (Wildman–Crippen LogP) is 1.14. The molecule has 0 radical (unpaired) electrons. The molecule has 0 fully saturated rings. The third kappa shape index (κ3) is 3.79. The minimum Gasteiger partial charge on any atom is -0.396 e. The average Bonchev–Trinajstić information content (AvgIpc) is 2.34. The zero-order valence-corrected chi connectivity index (χ0v) is 9.89. The van der Waals surface area contributed by atoms with Gasteiger partial charge >= 0.3 is 0 Å². The molecule has 1 rings (SSSR count). The number of aliphatic hydroxyl groups excluding tert-OH is 1. The zero-order chi connectivity index (χ0) is 11.8. The smallest absolute Gasteiger partial charge is 0.0595 e. The number of pyridine rings is 1. The lowest BCUT2D eigenvalue weighted by Gasteiger charge is -2.21. The summed E-state index contributed by atoms with van der Waals surface area (Å²) in [4.78, 5) is 6.29. The molecule has 0 aliphatic carbocycles. The molecule has 4 nitrogen and oxygen atoms in total. The van der Waals surface area contributed by atoms with E-state index in [1.54, 1.807) is 6.20 Å². The normalized spacial score (nSPS) is 10.4. The Bertz CT molecular complexity index is 304. The number of rotatable bonds is 7. The van der Waals surface area contributed by atoms with Gasteiger partial charge in [0, 0.05) is 32.9 Å². The van der Waals surface area contributed by atoms with E-state index in [4.69, 9.17) is 10.8 Å². The van der Waals surface area contributed by atoms with Gasteiger partial charge in [-0.05, 0) is 30.9 Å². The van der Waals surface area contributed by atoms with Crippen molar-refractivity contribution < 1.29 is 5.11 Å². The summed E-state index contributed by atoms with van der Waals surface area (Å²) in [7, 11) is 2.05. The van der Waals surface area contributed by atoms with Crippen LogP contribution in [0.5, 0.6) is 0 Å². The Kier molecular flexibility index (Phi) is 5.82. The molecule has 0 aromatic carbocycles. The SMILES string of the molecule is CN(CCCCCO)c1cnccc1CN. The molecule has 0 bridgehead atoms. The van der Waals surface area contributed by atoms with Crippen LogP contribution < -0.4 is 10.6 Å². The van der Waals surface area contributed by atoms with Crippen LogP contribution in [0.2, 0.25) is 0 Å². The van der Waals surface area contributed by atoms with E-state index in [-0.39, 0.29) is 6.61 Å². The fourth-order valence-electron chi connectivity index (χ4n) is 1.69. The number of anilines is 1. The zero-order valence-electron chi connectivity index (χ0n) is 9.89. The van der Waals surface area contributed by atoms with E-state index >= 15 is 0 Å². The Morgan fingerprint density at radius 1 is 1.38 bits per heavy atom. The lowest BCUT2D eigenvalue weighted by Crippen LogP contribution is -2.21. The summed E-state index contributed by atoms with van der Waals surface area (Å²) < 4.78 is 0. The van der Waals surface area contributed by atoms with Crippen molar-refractivity contribution in [1.82, 2.24) is 4.98 Å². The van der Waals surface area contributed by atoms with Crippen molar-refractivity contribution in [2.24, 2.45) is 5.73 Å². The van der Waals surface area contributed by atoms with Crippen LogP contribution in [0.4, 0.5) is 5.69 Å². The van der Waals surface area contributed by atoms with Crippen LogP contribution in [0.1, 0.15) is 24.8 Å². The maximum Gasteiger partial charge on any atom is 0.0595 e. The minimum absolute atomic E-state index is 0.282. The number of hydrogen-bond donors (Lipinski definition) is 2. The van der Waals surface area contributed by atoms with Gasteiger partial charge < -0.3 is 15.7 Å². The number of hydrogen-bond acceptors (Lipinski definition) is 4. The minimum atomic E-state index is 0.282. The van der Waals surface area contributed by atoms with Crippen molar-refractivity contribution in [3.05, 3.63) is 24.0 Å². The summed E-state index contributed by atoms with van der Waals surface area (Å²) in [6, 6.07) is 1.96. The molecule has 1 aromatic rings. The fourth-order valence-corrected chi connectivity index (χ4v) is 1.69. The monoisotopic (exact) mass is 223 g/mol. The van der Waals surface area contributed by atoms with Crippen molar-refractivity contribution in [2.45, 2.75) is 25.8 Å². The van der Waals surface area contributed by atoms with Crippen molar-refractivity contribution in [2.75, 3.05) is 25.1 Å². The van der Waals surface area contributed by atoms with Crippen molar-refractivity contribution >= 4 is 5.69 Å². The van der Waals surface area contributed by atoms with Gasteiger partial charge in [-0.15, -0.1) is 0 Å². The molecule has 4 heteroatoms. The first-order valence-corrected chi connectivity index (χ1v) is 5.74. The standard InChI is InChI=1S/C12H21N3O/c1-15(7-3-2-4-8-16)12-10-14-6-5-11(12)9-13/h5-6,10,16H,2-4,7-9,13H2,1H3. The lowest BCUT2D eigenvalue weighted by atomic mass is 10.2. The van der Waals surface area contributed by atoms with E-state index in [1.165, 1.54) is 0 Å². The van der Waals surface area contributed by atoms with Gasteiger partial charge in [-0.1, -0.05) is 0 Å². The lowest BCUT2D eigenvalue weighted by molar-refractivity contribution is 0.283. The molecule has 16 heavy (non-hydrogen) atoms. The van der Waals surface area contributed by atoms with Gasteiger partial charge in [0.25, 0.3) is 0 Å². The number of aliphatic hydroxyl groups is 1. The summed E-state index contributed by atoms with van der Waals surface area (Å²) in [6.07, 6.45) is 6.64. The highest BCUT2D eigenvalue weighted by Gasteiger charge is 2.05. The molecule has 1 heterocycles. The van der Waals surface area contributed by atoms with Gasteiger partial charge in [-0.3, -0.25) is 4.98 Å². The molecule has 0 saturated carbocycles. The van der Waals surface area contributed by atoms with Gasteiger partial charge in [0.2, 0.25) is 0 Å². The van der Waals surface area contributed by atoms with Gasteiger partial charge in [-0.25, -0.2) is 0 Å². The number of aromatic nitrogens is 1. The van der Waals surface area contributed by atoms with Crippen molar-refractivity contribution in [1.29, 1.82) is 0 Å². The first kappa shape index (κ1) is 12.9. The number of nitrogens with two attached hydrogens (primary N) is 1. The van der Waals surface area contributed by atoms with E-state index in [1.807, 2.05) is 12.3 Å². The molecule has 90 valence electrons. The highest BCUT2D eigenvalue weighted by Crippen LogP contribution is 2.17. The average molecular weight is 223 g/mol. The predicted molar refractivity (Wildman–Crippen MR) is 66.3 cm³/mol. The summed E-state index contributed by atoms with van der Waals surface area (Å²) in [6.45, 7) is 1.79. The molecule has 0 spiro atoms. The van der Waals surface area contributed by atoms with Crippen LogP contribution in [-0.4, -0.2) is 30.3 Å². The molecular weight excluding hydrogens is 202 g/mol. The van der Waals surface area contributed by atoms with Crippen LogP contribution >= 0.6 is 0 Å². The first-order valence-electron chi connectivity index (χ1n) is 5.74. The van der Waals surface area contributed by atoms with Crippen LogP contribution in [-0.2, 0) is 6.54 Å². The molecule has 0 aliphatic rings. The second-order valence-corrected chi connectivity index (χ2v) is 3.91. The molecule has 0 saturated heterocycles. The fraction of sp³-hybridized carbons (Fsp3) is 0.583. The van der Waals surface area contributed by atoms with E-state index in [9.17, 15) is 0 Å². The Balaban J connectivity index is 2.48. The van der Waals surface area contributed by atoms with Crippen molar-refractivity contribution in [3.8, 4) is 0 Å². The Labute approximate surface area is 97.1 Å².